The van der Waals surface area contributed by atoms with Crippen molar-refractivity contribution in [2.24, 2.45) is 5.73 Å². The van der Waals surface area contributed by atoms with Gasteiger partial charge in [-0.1, -0.05) is 0 Å². The second-order valence-corrected chi connectivity index (χ2v) is 0.598. The van der Waals surface area contributed by atoms with Crippen molar-refractivity contribution in [3.8, 4) is 0 Å². The molecule has 0 spiro atoms. The molecule has 0 aliphatic rings. The monoisotopic (exact) mass is 109 g/mol. The lowest BCUT2D eigenvalue weighted by atomic mass is 10.7. The van der Waals surface area contributed by atoms with Crippen LogP contribution in [0.5, 0.6) is 0 Å². The van der Waals surface area contributed by atoms with Gasteiger partial charge < -0.3 is 10.8 Å². The lowest BCUT2D eigenvalue weighted by Gasteiger charge is -1.73. The SMILES string of the molecule is NCC(=O)O.OO. The first kappa shape index (κ1) is 9.61. The molecule has 0 unspecified atom stereocenters. The van der Waals surface area contributed by atoms with Gasteiger partial charge in [0, 0.05) is 0 Å². The predicted octanol–water partition coefficient (Wildman–Crippen LogP) is -0.953. The maximum absolute atomic E-state index is 9.24. The molecular weight excluding hydrogens is 102 g/mol. The number of aliphatic carboxylic acids is 1. The average molecular weight is 109 g/mol. The van der Waals surface area contributed by atoms with Crippen LogP contribution >= 0.6 is 0 Å². The average Bonchev–Trinajstić information content (AvgIpc) is 1.73. The Kier molecular flexibility index (Phi) is 12.4. The number of carboxylic acids is 1. The van der Waals surface area contributed by atoms with Crippen LogP contribution in [0.1, 0.15) is 0 Å². The van der Waals surface area contributed by atoms with Crippen LogP contribution in [0.3, 0.4) is 0 Å². The number of hydrogen-bond donors (Lipinski definition) is 4. The van der Waals surface area contributed by atoms with Gasteiger partial charge in [-0.25, -0.2) is 0 Å². The van der Waals surface area contributed by atoms with Gasteiger partial charge in [-0.15, -0.1) is 0 Å². The van der Waals surface area contributed by atoms with Gasteiger partial charge in [-0.2, -0.15) is 0 Å². The van der Waals surface area contributed by atoms with E-state index in [9.17, 15) is 4.79 Å². The molecule has 0 radical (unpaired) electrons. The third kappa shape index (κ3) is 32.9. The third-order valence-electron chi connectivity index (χ3n) is 0.175. The molecule has 7 heavy (non-hydrogen) atoms. The zero-order chi connectivity index (χ0) is 6.28. The van der Waals surface area contributed by atoms with Crippen molar-refractivity contribution >= 4 is 5.97 Å². The minimum Gasteiger partial charge on any atom is -0.480 e. The van der Waals surface area contributed by atoms with Crippen LogP contribution in [-0.4, -0.2) is 28.1 Å². The summed E-state index contributed by atoms with van der Waals surface area (Å²) in [6.45, 7) is -0.278. The van der Waals surface area contributed by atoms with Crippen LogP contribution in [0.2, 0.25) is 0 Å². The van der Waals surface area contributed by atoms with E-state index in [1.807, 2.05) is 0 Å². The number of rotatable bonds is 1. The summed E-state index contributed by atoms with van der Waals surface area (Å²) in [5.74, 6) is -0.968. The van der Waals surface area contributed by atoms with Crippen molar-refractivity contribution in [3.05, 3.63) is 0 Å². The highest BCUT2D eigenvalue weighted by molar-refractivity contribution is 5.68. The molecule has 0 aromatic rings. The Morgan fingerprint density at radius 3 is 1.71 bits per heavy atom. The highest BCUT2D eigenvalue weighted by atomic mass is 17.0. The zero-order valence-corrected chi connectivity index (χ0v) is 3.53. The van der Waals surface area contributed by atoms with E-state index in [2.05, 4.69) is 5.73 Å². The van der Waals surface area contributed by atoms with Crippen LogP contribution in [0, 0.1) is 0 Å². The molecule has 5 nitrogen and oxygen atoms in total. The van der Waals surface area contributed by atoms with Crippen molar-refractivity contribution < 1.29 is 20.4 Å². The molecule has 0 rings (SSSR count). The Bertz CT molecular complexity index is 45.0. The molecule has 0 aromatic heterocycles. The van der Waals surface area contributed by atoms with E-state index < -0.39 is 5.97 Å². The van der Waals surface area contributed by atoms with Gasteiger partial charge in [0.05, 0.1) is 6.54 Å². The first-order valence-electron chi connectivity index (χ1n) is 1.39. The largest absolute Gasteiger partial charge is 0.480 e. The molecule has 0 amide bonds. The molecule has 0 bridgehead atoms. The molecule has 44 valence electrons. The predicted molar refractivity (Wildman–Crippen MR) is 21.9 cm³/mol. The van der Waals surface area contributed by atoms with Crippen LogP contribution in [-0.2, 0) is 4.79 Å². The van der Waals surface area contributed by atoms with E-state index in [-0.39, 0.29) is 6.54 Å². The van der Waals surface area contributed by atoms with E-state index >= 15 is 0 Å². The molecule has 0 aromatic carbocycles. The third-order valence-corrected chi connectivity index (χ3v) is 0.175. The summed E-state index contributed by atoms with van der Waals surface area (Å²) in [6.07, 6.45) is 0. The van der Waals surface area contributed by atoms with Gasteiger partial charge in [-0.05, 0) is 0 Å². The van der Waals surface area contributed by atoms with Gasteiger partial charge in [0.25, 0.3) is 0 Å². The minimum absolute atomic E-state index is 0.278. The second-order valence-electron chi connectivity index (χ2n) is 0.598. The van der Waals surface area contributed by atoms with Crippen molar-refractivity contribution in [2.75, 3.05) is 6.54 Å². The van der Waals surface area contributed by atoms with Crippen LogP contribution in [0.15, 0.2) is 0 Å². The Labute approximate surface area is 39.9 Å². The van der Waals surface area contributed by atoms with Gasteiger partial charge in [0.1, 0.15) is 0 Å². The Balaban J connectivity index is 0. The van der Waals surface area contributed by atoms with Crippen LogP contribution < -0.4 is 5.73 Å². The van der Waals surface area contributed by atoms with Gasteiger partial charge in [-0.3, -0.25) is 15.3 Å². The topological polar surface area (TPSA) is 104 Å². The zero-order valence-electron chi connectivity index (χ0n) is 3.53. The minimum atomic E-state index is -0.968. The number of hydrogen-bond acceptors (Lipinski definition) is 4. The maximum atomic E-state index is 9.24. The van der Waals surface area contributed by atoms with Crippen molar-refractivity contribution in [3.63, 3.8) is 0 Å². The molecular formula is C2H7NO4. The quantitative estimate of drug-likeness (QED) is 0.256. The Morgan fingerprint density at radius 1 is 1.57 bits per heavy atom. The van der Waals surface area contributed by atoms with Gasteiger partial charge in [0.2, 0.25) is 0 Å². The van der Waals surface area contributed by atoms with Crippen molar-refractivity contribution in [2.45, 2.75) is 0 Å². The highest BCUT2D eigenvalue weighted by Gasteiger charge is 1.81. The lowest BCUT2D eigenvalue weighted by molar-refractivity contribution is -0.176. The summed E-state index contributed by atoms with van der Waals surface area (Å²) in [6, 6.07) is 0. The molecule has 0 saturated carbocycles. The Morgan fingerprint density at radius 2 is 1.71 bits per heavy atom. The van der Waals surface area contributed by atoms with Gasteiger partial charge in [0.15, 0.2) is 0 Å². The molecule has 0 aliphatic heterocycles. The van der Waals surface area contributed by atoms with Crippen molar-refractivity contribution in [1.29, 1.82) is 0 Å². The molecule has 0 aliphatic carbocycles. The Hall–Kier alpha value is -0.650. The van der Waals surface area contributed by atoms with Crippen LogP contribution in [0.25, 0.3) is 0 Å². The normalized spacial score (nSPS) is 6.14. The van der Waals surface area contributed by atoms with E-state index in [1.54, 1.807) is 0 Å². The number of nitrogens with two attached hydrogens (primary N) is 1. The summed E-state index contributed by atoms with van der Waals surface area (Å²) in [5.41, 5.74) is 4.57. The number of carbonyl (C=O) groups is 1. The summed E-state index contributed by atoms with van der Waals surface area (Å²) in [7, 11) is 0. The smallest absolute Gasteiger partial charge is 0.317 e. The van der Waals surface area contributed by atoms with Crippen LogP contribution in [0.4, 0.5) is 0 Å². The standard InChI is InChI=1S/C2H5NO2.H2O2/c3-1-2(4)5;1-2/h1,3H2,(H,4,5);1-2H. The first-order chi connectivity index (χ1) is 3.27. The van der Waals surface area contributed by atoms with E-state index in [4.69, 9.17) is 15.6 Å². The second kappa shape index (κ2) is 9.02. The summed E-state index contributed by atoms with van der Waals surface area (Å²) >= 11 is 0. The maximum Gasteiger partial charge on any atom is 0.317 e. The summed E-state index contributed by atoms with van der Waals surface area (Å²) in [5, 5.41) is 19.6. The van der Waals surface area contributed by atoms with E-state index in [0.29, 0.717) is 0 Å². The summed E-state index contributed by atoms with van der Waals surface area (Å²) in [4.78, 5) is 9.24. The highest BCUT2D eigenvalue weighted by Crippen LogP contribution is 1.43. The summed E-state index contributed by atoms with van der Waals surface area (Å²) < 4.78 is 0. The fraction of sp³-hybridized carbons (Fsp3) is 0.500. The lowest BCUT2D eigenvalue weighted by Crippen LogP contribution is -2.10. The molecule has 5 heteroatoms. The number of carboxylic acid groups (broad SMARTS) is 1. The van der Waals surface area contributed by atoms with E-state index in [0.717, 1.165) is 0 Å². The fourth-order valence-corrected chi connectivity index (χ4v) is 0. The van der Waals surface area contributed by atoms with E-state index in [1.165, 1.54) is 0 Å². The molecule has 0 atom stereocenters. The first-order valence-corrected chi connectivity index (χ1v) is 1.39. The molecule has 0 heterocycles. The molecule has 5 N–H and O–H groups in total. The molecule has 0 fully saturated rings. The van der Waals surface area contributed by atoms with Gasteiger partial charge >= 0.3 is 5.97 Å². The van der Waals surface area contributed by atoms with Crippen molar-refractivity contribution in [1.82, 2.24) is 0 Å². The molecule has 0 saturated heterocycles. The fourth-order valence-electron chi connectivity index (χ4n) is 0.